The molecule has 0 radical (unpaired) electrons. The zero-order valence-corrected chi connectivity index (χ0v) is 10.1. The molecule has 0 atom stereocenters. The van der Waals surface area contributed by atoms with Crippen LogP contribution in [0.25, 0.3) is 0 Å². The number of hydrogen-bond donors (Lipinski definition) is 2. The highest BCUT2D eigenvalue weighted by Crippen LogP contribution is 2.00. The predicted octanol–water partition coefficient (Wildman–Crippen LogP) is 0.366. The SMILES string of the molecule is C=C(CCCN(C)C)C(N)=O.CN.Cl. The summed E-state index contributed by atoms with van der Waals surface area (Å²) in [6.07, 6.45) is 1.64. The molecule has 4 nitrogen and oxygen atoms in total. The summed E-state index contributed by atoms with van der Waals surface area (Å²) in [4.78, 5) is 12.5. The fraction of sp³-hybridized carbons (Fsp3) is 0.667. The van der Waals surface area contributed by atoms with Crippen LogP contribution in [0.15, 0.2) is 12.2 Å². The molecule has 0 rings (SSSR count). The number of halogens is 1. The van der Waals surface area contributed by atoms with Gasteiger partial charge < -0.3 is 16.4 Å². The lowest BCUT2D eigenvalue weighted by Gasteiger charge is -2.08. The van der Waals surface area contributed by atoms with E-state index in [9.17, 15) is 4.79 Å². The molecule has 5 heteroatoms. The van der Waals surface area contributed by atoms with Crippen LogP contribution in [0.1, 0.15) is 12.8 Å². The van der Waals surface area contributed by atoms with Gasteiger partial charge >= 0.3 is 0 Å². The van der Waals surface area contributed by atoms with Crippen molar-refractivity contribution < 1.29 is 4.79 Å². The summed E-state index contributed by atoms with van der Waals surface area (Å²) in [5.41, 5.74) is 10.0. The molecule has 0 bridgehead atoms. The van der Waals surface area contributed by atoms with Crippen molar-refractivity contribution in [3.63, 3.8) is 0 Å². The normalized spacial score (nSPS) is 8.36. The maximum atomic E-state index is 10.5. The first-order chi connectivity index (χ1) is 6.04. The zero-order valence-electron chi connectivity index (χ0n) is 9.25. The van der Waals surface area contributed by atoms with Gasteiger partial charge in [-0.3, -0.25) is 4.79 Å². The Morgan fingerprint density at radius 3 is 2.07 bits per heavy atom. The van der Waals surface area contributed by atoms with E-state index in [1.54, 1.807) is 0 Å². The van der Waals surface area contributed by atoms with Gasteiger partial charge in [-0.05, 0) is 40.5 Å². The van der Waals surface area contributed by atoms with E-state index in [0.29, 0.717) is 12.0 Å². The van der Waals surface area contributed by atoms with Gasteiger partial charge in [0.05, 0.1) is 0 Å². The lowest BCUT2D eigenvalue weighted by molar-refractivity contribution is -0.114. The van der Waals surface area contributed by atoms with Crippen LogP contribution in [-0.4, -0.2) is 38.5 Å². The Kier molecular flexibility index (Phi) is 16.9. The molecule has 14 heavy (non-hydrogen) atoms. The van der Waals surface area contributed by atoms with Crippen molar-refractivity contribution in [2.75, 3.05) is 27.7 Å². The third kappa shape index (κ3) is 14.0. The number of nitrogens with two attached hydrogens (primary N) is 2. The quantitative estimate of drug-likeness (QED) is 0.662. The van der Waals surface area contributed by atoms with Crippen LogP contribution in [0.3, 0.4) is 0 Å². The maximum absolute atomic E-state index is 10.5. The Hall–Kier alpha value is -0.580. The summed E-state index contributed by atoms with van der Waals surface area (Å²) in [5, 5.41) is 0. The third-order valence-corrected chi connectivity index (χ3v) is 1.43. The average Bonchev–Trinajstić information content (AvgIpc) is 2.07. The average molecular weight is 224 g/mol. The highest BCUT2D eigenvalue weighted by atomic mass is 35.5. The van der Waals surface area contributed by atoms with E-state index in [1.165, 1.54) is 7.05 Å². The summed E-state index contributed by atoms with van der Waals surface area (Å²) in [6, 6.07) is 0. The van der Waals surface area contributed by atoms with E-state index in [2.05, 4.69) is 17.2 Å². The largest absolute Gasteiger partial charge is 0.366 e. The molecule has 0 spiro atoms. The molecule has 0 unspecified atom stereocenters. The zero-order chi connectivity index (χ0) is 10.9. The summed E-state index contributed by atoms with van der Waals surface area (Å²) >= 11 is 0. The fourth-order valence-corrected chi connectivity index (χ4v) is 0.732. The Labute approximate surface area is 92.7 Å². The minimum Gasteiger partial charge on any atom is -0.366 e. The Bertz CT molecular complexity index is 160. The van der Waals surface area contributed by atoms with Crippen LogP contribution in [0.2, 0.25) is 0 Å². The molecule has 0 saturated heterocycles. The molecule has 0 aliphatic rings. The van der Waals surface area contributed by atoms with E-state index in [0.717, 1.165) is 13.0 Å². The van der Waals surface area contributed by atoms with Crippen LogP contribution < -0.4 is 11.5 Å². The van der Waals surface area contributed by atoms with Crippen molar-refractivity contribution in [2.24, 2.45) is 11.5 Å². The van der Waals surface area contributed by atoms with Gasteiger partial charge in [0.25, 0.3) is 0 Å². The van der Waals surface area contributed by atoms with Crippen LogP contribution in [0.4, 0.5) is 0 Å². The summed E-state index contributed by atoms with van der Waals surface area (Å²) in [6.45, 7) is 4.52. The first-order valence-electron chi connectivity index (χ1n) is 4.24. The highest BCUT2D eigenvalue weighted by molar-refractivity contribution is 5.91. The lowest BCUT2D eigenvalue weighted by atomic mass is 10.1. The van der Waals surface area contributed by atoms with Crippen LogP contribution in [0, 0.1) is 0 Å². The van der Waals surface area contributed by atoms with E-state index < -0.39 is 0 Å². The van der Waals surface area contributed by atoms with E-state index >= 15 is 0 Å². The number of hydrogen-bond acceptors (Lipinski definition) is 3. The van der Waals surface area contributed by atoms with Crippen molar-refractivity contribution >= 4 is 18.3 Å². The number of carbonyl (C=O) groups is 1. The van der Waals surface area contributed by atoms with Crippen LogP contribution in [-0.2, 0) is 4.79 Å². The van der Waals surface area contributed by atoms with E-state index in [-0.39, 0.29) is 18.3 Å². The van der Waals surface area contributed by atoms with Crippen molar-refractivity contribution in [2.45, 2.75) is 12.8 Å². The Balaban J connectivity index is -0.000000376. The van der Waals surface area contributed by atoms with E-state index in [1.807, 2.05) is 14.1 Å². The number of amides is 1. The molecular weight excluding hydrogens is 202 g/mol. The molecule has 1 amide bonds. The van der Waals surface area contributed by atoms with Gasteiger partial charge in [-0.2, -0.15) is 0 Å². The van der Waals surface area contributed by atoms with Crippen molar-refractivity contribution in [3.05, 3.63) is 12.2 Å². The standard InChI is InChI=1S/C8H16N2O.CH5N.ClH/c1-7(8(9)11)5-4-6-10(2)3;1-2;/h1,4-6H2,2-3H3,(H2,9,11);2H2,1H3;1H. The maximum Gasteiger partial charge on any atom is 0.244 e. The van der Waals surface area contributed by atoms with Crippen LogP contribution in [0.5, 0.6) is 0 Å². The van der Waals surface area contributed by atoms with Crippen LogP contribution >= 0.6 is 12.4 Å². The van der Waals surface area contributed by atoms with Gasteiger partial charge in [-0.25, -0.2) is 0 Å². The topological polar surface area (TPSA) is 72.3 Å². The summed E-state index contributed by atoms with van der Waals surface area (Å²) < 4.78 is 0. The molecular formula is C9H22ClN3O. The number of rotatable bonds is 5. The molecule has 0 fully saturated rings. The number of primary amides is 1. The van der Waals surface area contributed by atoms with Crippen molar-refractivity contribution in [3.8, 4) is 0 Å². The Morgan fingerprint density at radius 2 is 1.79 bits per heavy atom. The third-order valence-electron chi connectivity index (χ3n) is 1.43. The minimum absolute atomic E-state index is 0. The number of carbonyl (C=O) groups excluding carboxylic acids is 1. The molecule has 0 aliphatic carbocycles. The smallest absolute Gasteiger partial charge is 0.244 e. The first kappa shape index (κ1) is 19.1. The monoisotopic (exact) mass is 223 g/mol. The lowest BCUT2D eigenvalue weighted by Crippen LogP contribution is -2.16. The van der Waals surface area contributed by atoms with Gasteiger partial charge in [0.15, 0.2) is 0 Å². The molecule has 0 aromatic heterocycles. The molecule has 0 aromatic rings. The molecule has 0 saturated carbocycles. The summed E-state index contributed by atoms with van der Waals surface area (Å²) in [7, 11) is 5.49. The van der Waals surface area contributed by atoms with Gasteiger partial charge in [-0.15, -0.1) is 12.4 Å². The van der Waals surface area contributed by atoms with Crippen molar-refractivity contribution in [1.29, 1.82) is 0 Å². The summed E-state index contributed by atoms with van der Waals surface area (Å²) in [5.74, 6) is -0.385. The molecule has 86 valence electrons. The van der Waals surface area contributed by atoms with Gasteiger partial charge in [0, 0.05) is 5.57 Å². The van der Waals surface area contributed by atoms with E-state index in [4.69, 9.17) is 5.73 Å². The second-order valence-corrected chi connectivity index (χ2v) is 2.87. The minimum atomic E-state index is -0.385. The second-order valence-electron chi connectivity index (χ2n) is 2.87. The molecule has 0 aromatic carbocycles. The molecule has 0 aliphatic heterocycles. The second kappa shape index (κ2) is 12.4. The highest BCUT2D eigenvalue weighted by Gasteiger charge is 2.00. The predicted molar refractivity (Wildman–Crippen MR) is 63.5 cm³/mol. The van der Waals surface area contributed by atoms with Gasteiger partial charge in [-0.1, -0.05) is 6.58 Å². The van der Waals surface area contributed by atoms with Gasteiger partial charge in [0.2, 0.25) is 5.91 Å². The number of nitrogens with zero attached hydrogens (tertiary/aromatic N) is 1. The van der Waals surface area contributed by atoms with Gasteiger partial charge in [0.1, 0.15) is 0 Å². The molecule has 4 N–H and O–H groups in total. The van der Waals surface area contributed by atoms with Crippen molar-refractivity contribution in [1.82, 2.24) is 4.90 Å². The Morgan fingerprint density at radius 1 is 1.36 bits per heavy atom. The molecule has 0 heterocycles. The first-order valence-corrected chi connectivity index (χ1v) is 4.24. The fourth-order valence-electron chi connectivity index (χ4n) is 0.732.